The summed E-state index contributed by atoms with van der Waals surface area (Å²) in [5.74, 6) is -2.81. The smallest absolute Gasteiger partial charge is 0.407 e. The zero-order valence-corrected chi connectivity index (χ0v) is 33.2. The second kappa shape index (κ2) is 15.0. The summed E-state index contributed by atoms with van der Waals surface area (Å²) in [4.78, 5) is 61.6. The number of benzene rings is 1. The van der Waals surface area contributed by atoms with E-state index in [1.807, 2.05) is 26.0 Å². The van der Waals surface area contributed by atoms with Crippen LogP contribution in [-0.2, 0) is 35.6 Å². The number of aromatic nitrogens is 1. The Morgan fingerprint density at radius 2 is 1.91 bits per heavy atom. The van der Waals surface area contributed by atoms with Crippen LogP contribution in [0.25, 0.3) is 10.9 Å². The average molecular weight is 820 g/mol. The summed E-state index contributed by atoms with van der Waals surface area (Å²) in [5, 5.41) is 6.47. The van der Waals surface area contributed by atoms with E-state index in [-0.39, 0.29) is 56.9 Å². The fourth-order valence-electron chi connectivity index (χ4n) is 8.10. The predicted octanol–water partition coefficient (Wildman–Crippen LogP) is 5.64. The van der Waals surface area contributed by atoms with Crippen molar-refractivity contribution in [2.75, 3.05) is 13.2 Å². The maximum absolute atomic E-state index is 14.7. The number of carbonyl (C=O) groups excluding carboxylic acids is 4. The molecule has 0 bridgehead atoms. The quantitative estimate of drug-likeness (QED) is 0.299. The SMILES string of the molecule is CC(C)COC(=O)N[C@H]1CCCCC/C=C\[C@@H]2C[C@@]2(C(=O)NS(=O)(=O)C2(C)CC2)NC(=O)[C@@H]2C[C@]3(CCc4c(c(C(F)F)nc5ccc(Cl)cc45)O3)CN2C1=O. The number of nitrogens with zero attached hydrogens (tertiary/aromatic N) is 2. The van der Waals surface area contributed by atoms with E-state index in [9.17, 15) is 36.4 Å². The molecule has 0 radical (unpaired) electrons. The van der Waals surface area contributed by atoms with E-state index < -0.39 is 79.8 Å². The van der Waals surface area contributed by atoms with Gasteiger partial charge in [-0.05, 0) is 82.4 Å². The van der Waals surface area contributed by atoms with Crippen LogP contribution in [0.3, 0.4) is 0 Å². The molecule has 2 aromatic rings. The van der Waals surface area contributed by atoms with Crippen LogP contribution in [0.5, 0.6) is 5.75 Å². The van der Waals surface area contributed by atoms with E-state index in [2.05, 4.69) is 20.3 Å². The minimum Gasteiger partial charge on any atom is -0.483 e. The van der Waals surface area contributed by atoms with Crippen LogP contribution >= 0.6 is 11.6 Å². The van der Waals surface area contributed by atoms with Gasteiger partial charge in [0.2, 0.25) is 21.8 Å². The number of allylic oxidation sites excluding steroid dienone is 1. The molecule has 4 heterocycles. The predicted molar refractivity (Wildman–Crippen MR) is 203 cm³/mol. The fourth-order valence-corrected chi connectivity index (χ4v) is 9.59. The molecular weight excluding hydrogens is 772 g/mol. The monoisotopic (exact) mass is 819 g/mol. The number of amides is 4. The van der Waals surface area contributed by atoms with Crippen molar-refractivity contribution in [3.63, 3.8) is 0 Å². The topological polar surface area (TPSA) is 173 Å². The number of carbonyl (C=O) groups is 4. The van der Waals surface area contributed by atoms with Crippen LogP contribution in [-0.4, -0.2) is 83.2 Å². The minimum atomic E-state index is -4.05. The third-order valence-corrected chi connectivity index (χ3v) is 14.2. The number of alkyl halides is 2. The van der Waals surface area contributed by atoms with E-state index >= 15 is 0 Å². The summed E-state index contributed by atoms with van der Waals surface area (Å²) in [6.07, 6.45) is 4.05. The van der Waals surface area contributed by atoms with E-state index in [0.29, 0.717) is 53.6 Å². The van der Waals surface area contributed by atoms with Crippen molar-refractivity contribution in [1.29, 1.82) is 0 Å². The summed E-state index contributed by atoms with van der Waals surface area (Å²) >= 11 is 6.29. The first-order valence-corrected chi connectivity index (χ1v) is 21.2. The number of nitrogens with one attached hydrogen (secondary N) is 3. The zero-order valence-electron chi connectivity index (χ0n) is 31.7. The molecule has 1 spiro atoms. The van der Waals surface area contributed by atoms with Gasteiger partial charge in [0.1, 0.15) is 28.9 Å². The molecule has 3 N–H and O–H groups in total. The van der Waals surface area contributed by atoms with Crippen molar-refractivity contribution in [3.05, 3.63) is 46.6 Å². The number of aryl methyl sites for hydroxylation is 1. The highest BCUT2D eigenvalue weighted by Gasteiger charge is 2.64. The van der Waals surface area contributed by atoms with Gasteiger partial charge in [0.25, 0.3) is 12.3 Å². The highest BCUT2D eigenvalue weighted by atomic mass is 35.5. The van der Waals surface area contributed by atoms with Crippen molar-refractivity contribution in [1.82, 2.24) is 25.2 Å². The Labute approximate surface area is 329 Å². The number of ether oxygens (including phenoxy) is 2. The highest BCUT2D eigenvalue weighted by molar-refractivity contribution is 7.91. The lowest BCUT2D eigenvalue weighted by Crippen LogP contribution is -2.58. The van der Waals surface area contributed by atoms with Gasteiger partial charge in [-0.25, -0.2) is 27.0 Å². The van der Waals surface area contributed by atoms with E-state index in [1.165, 1.54) is 4.90 Å². The van der Waals surface area contributed by atoms with E-state index in [1.54, 1.807) is 25.1 Å². The lowest BCUT2D eigenvalue weighted by Gasteiger charge is -2.37. The maximum Gasteiger partial charge on any atom is 0.407 e. The number of halogens is 3. The van der Waals surface area contributed by atoms with Gasteiger partial charge in [0.05, 0.1) is 23.4 Å². The normalized spacial score (nSPS) is 29.3. The second-order valence-electron chi connectivity index (χ2n) is 16.6. The standard InChI is InChI=1S/C39H48ClF2N5O8S/c1-22(2)20-54-36(51)44-28-10-8-6-4-5-7-9-23-18-39(23,35(50)46-56(52,53)37(3)15-16-37)45-33(48)29-19-38(21-47(29)34(28)49)14-13-25-26-17-24(40)11-12-27(26)43-30(32(41)42)31(25)55-38/h7,9,11-12,17,22-23,28-29,32H,4-6,8,10,13-16,18-21H2,1-3H3,(H,44,51)(H,45,48)(H,46,50)/b9-7-/t23-,28+,29+,38-,39-/m1/s1. The average Bonchev–Trinajstić information content (AvgIpc) is 4.03. The Kier molecular flexibility index (Phi) is 10.8. The largest absolute Gasteiger partial charge is 0.483 e. The second-order valence-corrected chi connectivity index (χ2v) is 19.3. The number of rotatable bonds is 7. The molecule has 1 aromatic carbocycles. The molecule has 1 saturated heterocycles. The van der Waals surface area contributed by atoms with Crippen LogP contribution < -0.4 is 20.1 Å². The van der Waals surface area contributed by atoms with E-state index in [0.717, 1.165) is 6.42 Å². The molecule has 4 amide bonds. The molecule has 2 saturated carbocycles. The molecule has 2 aliphatic carbocycles. The number of hydrogen-bond donors (Lipinski definition) is 3. The molecule has 13 nitrogen and oxygen atoms in total. The third-order valence-electron chi connectivity index (χ3n) is 11.8. The lowest BCUT2D eigenvalue weighted by molar-refractivity contribution is -0.141. The Morgan fingerprint density at radius 1 is 1.14 bits per heavy atom. The van der Waals surface area contributed by atoms with Gasteiger partial charge in [0.15, 0.2) is 5.75 Å². The Bertz CT molecular complexity index is 2080. The van der Waals surface area contributed by atoms with Crippen LogP contribution in [0, 0.1) is 11.8 Å². The molecule has 7 rings (SSSR count). The molecule has 0 unspecified atom stereocenters. The minimum absolute atomic E-state index is 0.0361. The number of sulfonamides is 1. The van der Waals surface area contributed by atoms with Gasteiger partial charge in [-0.1, -0.05) is 50.4 Å². The van der Waals surface area contributed by atoms with Gasteiger partial charge in [-0.3, -0.25) is 19.1 Å². The van der Waals surface area contributed by atoms with Crippen LogP contribution in [0.2, 0.25) is 5.02 Å². The first kappa shape index (κ1) is 40.2. The number of hydrogen-bond acceptors (Lipinski definition) is 9. The third kappa shape index (κ3) is 7.79. The van der Waals surface area contributed by atoms with Crippen molar-refractivity contribution < 1.29 is 45.9 Å². The molecule has 17 heteroatoms. The van der Waals surface area contributed by atoms with Crippen LogP contribution in [0.15, 0.2) is 30.4 Å². The summed E-state index contributed by atoms with van der Waals surface area (Å²) < 4.78 is 68.6. The lowest BCUT2D eigenvalue weighted by atomic mass is 9.87. The summed E-state index contributed by atoms with van der Waals surface area (Å²) in [7, 11) is -4.05. The van der Waals surface area contributed by atoms with Gasteiger partial charge in [-0.15, -0.1) is 0 Å². The number of pyridine rings is 1. The zero-order chi connectivity index (χ0) is 40.2. The van der Waals surface area contributed by atoms with Gasteiger partial charge in [0, 0.05) is 28.3 Å². The maximum atomic E-state index is 14.7. The van der Waals surface area contributed by atoms with Gasteiger partial charge >= 0.3 is 6.09 Å². The number of fused-ring (bicyclic) bond motifs is 5. The Balaban J connectivity index is 1.25. The fraction of sp³-hybridized carbons (Fsp3) is 0.615. The van der Waals surface area contributed by atoms with Crippen molar-refractivity contribution in [2.24, 2.45) is 11.8 Å². The molecule has 1 aromatic heterocycles. The molecule has 304 valence electrons. The first-order chi connectivity index (χ1) is 26.5. The van der Waals surface area contributed by atoms with Gasteiger partial charge in [-0.2, -0.15) is 0 Å². The first-order valence-electron chi connectivity index (χ1n) is 19.3. The molecule has 3 fully saturated rings. The highest BCUT2D eigenvalue weighted by Crippen LogP contribution is 2.50. The molecule has 3 aliphatic heterocycles. The number of alkyl carbamates (subject to hydrolysis) is 1. The summed E-state index contributed by atoms with van der Waals surface area (Å²) in [5.41, 5.74) is -2.71. The van der Waals surface area contributed by atoms with Crippen molar-refractivity contribution in [3.8, 4) is 5.75 Å². The summed E-state index contributed by atoms with van der Waals surface area (Å²) in [6, 6.07) is 2.38. The molecule has 56 heavy (non-hydrogen) atoms. The van der Waals surface area contributed by atoms with E-state index in [4.69, 9.17) is 21.1 Å². The molecule has 5 atom stereocenters. The van der Waals surface area contributed by atoms with Crippen molar-refractivity contribution in [2.45, 2.75) is 126 Å². The Morgan fingerprint density at radius 3 is 2.62 bits per heavy atom. The summed E-state index contributed by atoms with van der Waals surface area (Å²) in [6.45, 7) is 5.22. The van der Waals surface area contributed by atoms with Gasteiger partial charge < -0.3 is 25.0 Å². The van der Waals surface area contributed by atoms with Crippen molar-refractivity contribution >= 4 is 56.3 Å². The Hall–Kier alpha value is -4.05. The van der Waals surface area contributed by atoms with Crippen LogP contribution in [0.1, 0.15) is 103 Å². The molecule has 5 aliphatic rings. The molecular formula is C39H48ClF2N5O8S. The van der Waals surface area contributed by atoms with Crippen LogP contribution in [0.4, 0.5) is 13.6 Å².